The quantitative estimate of drug-likeness (QED) is 0.632. The highest BCUT2D eigenvalue weighted by molar-refractivity contribution is 5.99. The van der Waals surface area contributed by atoms with Crippen LogP contribution in [0.5, 0.6) is 11.5 Å². The van der Waals surface area contributed by atoms with E-state index in [2.05, 4.69) is 10.3 Å². The van der Waals surface area contributed by atoms with Gasteiger partial charge in [-0.3, -0.25) is 14.6 Å². The number of fused-ring (bicyclic) bond motifs is 1. The number of nitrogens with one attached hydrogen (secondary N) is 1. The Kier molecular flexibility index (Phi) is 5.84. The Morgan fingerprint density at radius 1 is 1.10 bits per heavy atom. The van der Waals surface area contributed by atoms with E-state index in [-0.39, 0.29) is 18.2 Å². The normalized spacial score (nSPS) is 13.5. The van der Waals surface area contributed by atoms with E-state index in [0.717, 1.165) is 11.1 Å². The number of anilines is 1. The van der Waals surface area contributed by atoms with Crippen LogP contribution in [0, 0.1) is 0 Å². The minimum atomic E-state index is -0.476. The lowest BCUT2D eigenvalue weighted by Gasteiger charge is -2.28. The number of nitrogens with zero attached hydrogens (tertiary/aromatic N) is 2. The molecule has 3 aromatic rings. The summed E-state index contributed by atoms with van der Waals surface area (Å²) in [6, 6.07) is 16.0. The third-order valence-electron chi connectivity index (χ3n) is 5.34. The molecule has 1 atom stereocenters. The summed E-state index contributed by atoms with van der Waals surface area (Å²) >= 11 is 0. The van der Waals surface area contributed by atoms with Gasteiger partial charge in [0.25, 0.3) is 5.91 Å². The SMILES string of the molecule is COc1ccc([C@@H](CC(=O)Nc2cccnc2)N2Cc3ccccc3C2=O)cc1OC. The molecule has 4 rings (SSSR count). The number of aromatic nitrogens is 1. The highest BCUT2D eigenvalue weighted by atomic mass is 16.5. The van der Waals surface area contributed by atoms with Gasteiger partial charge in [-0.05, 0) is 41.5 Å². The minimum Gasteiger partial charge on any atom is -0.493 e. The number of rotatable bonds is 7. The van der Waals surface area contributed by atoms with E-state index >= 15 is 0 Å². The fourth-order valence-electron chi connectivity index (χ4n) is 3.82. The first-order valence-corrected chi connectivity index (χ1v) is 9.91. The van der Waals surface area contributed by atoms with Gasteiger partial charge in [0.1, 0.15) is 0 Å². The van der Waals surface area contributed by atoms with Crippen LogP contribution in [0.15, 0.2) is 67.0 Å². The first-order valence-electron chi connectivity index (χ1n) is 9.91. The van der Waals surface area contributed by atoms with Crippen molar-refractivity contribution in [2.24, 2.45) is 0 Å². The molecule has 1 aliphatic heterocycles. The van der Waals surface area contributed by atoms with Crippen molar-refractivity contribution in [2.45, 2.75) is 19.0 Å². The van der Waals surface area contributed by atoms with E-state index in [1.807, 2.05) is 36.4 Å². The predicted molar refractivity (Wildman–Crippen MR) is 116 cm³/mol. The predicted octanol–water partition coefficient (Wildman–Crippen LogP) is 3.82. The summed E-state index contributed by atoms with van der Waals surface area (Å²) in [5, 5.41) is 2.86. The van der Waals surface area contributed by atoms with Gasteiger partial charge < -0.3 is 19.7 Å². The summed E-state index contributed by atoms with van der Waals surface area (Å²) in [5.41, 5.74) is 3.01. The second kappa shape index (κ2) is 8.87. The van der Waals surface area contributed by atoms with E-state index < -0.39 is 6.04 Å². The van der Waals surface area contributed by atoms with E-state index in [1.54, 1.807) is 49.7 Å². The number of ether oxygens (including phenoxy) is 2. The molecule has 2 aromatic carbocycles. The van der Waals surface area contributed by atoms with Gasteiger partial charge in [-0.25, -0.2) is 0 Å². The molecule has 0 unspecified atom stereocenters. The Morgan fingerprint density at radius 2 is 1.90 bits per heavy atom. The average molecular weight is 417 g/mol. The summed E-state index contributed by atoms with van der Waals surface area (Å²) < 4.78 is 10.8. The molecule has 7 nitrogen and oxygen atoms in total. The standard InChI is InChI=1S/C24H23N3O4/c1-30-21-10-9-16(12-22(21)31-2)20(13-23(28)26-18-7-5-11-25-14-18)27-15-17-6-3-4-8-19(17)24(27)29/h3-12,14,20H,13,15H2,1-2H3,(H,26,28)/t20-/m1/s1. The molecule has 0 saturated heterocycles. The Bertz CT molecular complexity index is 1100. The second-order valence-electron chi connectivity index (χ2n) is 7.21. The van der Waals surface area contributed by atoms with E-state index in [9.17, 15) is 9.59 Å². The number of methoxy groups -OCH3 is 2. The smallest absolute Gasteiger partial charge is 0.255 e. The lowest BCUT2D eigenvalue weighted by atomic mass is 10.0. The fourth-order valence-corrected chi connectivity index (χ4v) is 3.82. The van der Waals surface area contributed by atoms with Gasteiger partial charge in [0.2, 0.25) is 5.91 Å². The first kappa shape index (κ1) is 20.4. The monoisotopic (exact) mass is 417 g/mol. The van der Waals surface area contributed by atoms with Gasteiger partial charge in [0.05, 0.1) is 38.6 Å². The summed E-state index contributed by atoms with van der Waals surface area (Å²) in [4.78, 5) is 31.8. The van der Waals surface area contributed by atoms with Crippen LogP contribution in [0.1, 0.15) is 33.9 Å². The number of pyridine rings is 1. The third kappa shape index (κ3) is 4.21. The van der Waals surface area contributed by atoms with Gasteiger partial charge in [-0.1, -0.05) is 24.3 Å². The van der Waals surface area contributed by atoms with Crippen molar-refractivity contribution in [1.82, 2.24) is 9.88 Å². The van der Waals surface area contributed by atoms with Crippen molar-refractivity contribution >= 4 is 17.5 Å². The summed E-state index contributed by atoms with van der Waals surface area (Å²) in [5.74, 6) is 0.823. The summed E-state index contributed by atoms with van der Waals surface area (Å²) in [7, 11) is 3.12. The number of hydrogen-bond donors (Lipinski definition) is 1. The van der Waals surface area contributed by atoms with E-state index in [1.165, 1.54) is 0 Å². The minimum absolute atomic E-state index is 0.0874. The van der Waals surface area contributed by atoms with Crippen molar-refractivity contribution in [3.05, 3.63) is 83.7 Å². The van der Waals surface area contributed by atoms with Crippen LogP contribution in [-0.2, 0) is 11.3 Å². The topological polar surface area (TPSA) is 80.8 Å². The highest BCUT2D eigenvalue weighted by Crippen LogP contribution is 2.37. The molecule has 1 aromatic heterocycles. The largest absolute Gasteiger partial charge is 0.493 e. The maximum atomic E-state index is 13.2. The zero-order chi connectivity index (χ0) is 21.8. The molecule has 158 valence electrons. The number of carbonyl (C=O) groups excluding carboxylic acids is 2. The summed E-state index contributed by atoms with van der Waals surface area (Å²) in [6.07, 6.45) is 3.31. The first-order chi connectivity index (χ1) is 15.1. The van der Waals surface area contributed by atoms with Crippen LogP contribution < -0.4 is 14.8 Å². The lowest BCUT2D eigenvalue weighted by molar-refractivity contribution is -0.117. The molecule has 0 spiro atoms. The van der Waals surface area contributed by atoms with Gasteiger partial charge in [0, 0.05) is 18.3 Å². The Balaban J connectivity index is 1.66. The molecule has 2 heterocycles. The second-order valence-corrected chi connectivity index (χ2v) is 7.21. The molecular formula is C24H23N3O4. The van der Waals surface area contributed by atoms with Gasteiger partial charge in [-0.2, -0.15) is 0 Å². The zero-order valence-corrected chi connectivity index (χ0v) is 17.4. The average Bonchev–Trinajstić information content (AvgIpc) is 3.14. The molecule has 1 aliphatic rings. The lowest BCUT2D eigenvalue weighted by Crippen LogP contribution is -2.32. The van der Waals surface area contributed by atoms with Crippen molar-refractivity contribution in [3.63, 3.8) is 0 Å². The molecule has 0 aliphatic carbocycles. The third-order valence-corrected chi connectivity index (χ3v) is 5.34. The number of benzene rings is 2. The maximum absolute atomic E-state index is 13.2. The number of amides is 2. The Morgan fingerprint density at radius 3 is 2.61 bits per heavy atom. The van der Waals surface area contributed by atoms with Crippen LogP contribution in [0.4, 0.5) is 5.69 Å². The van der Waals surface area contributed by atoms with Crippen molar-refractivity contribution < 1.29 is 19.1 Å². The fraction of sp³-hybridized carbons (Fsp3) is 0.208. The number of hydrogen-bond acceptors (Lipinski definition) is 5. The highest BCUT2D eigenvalue weighted by Gasteiger charge is 2.34. The van der Waals surface area contributed by atoms with Crippen molar-refractivity contribution in [3.8, 4) is 11.5 Å². The van der Waals surface area contributed by atoms with Gasteiger partial charge >= 0.3 is 0 Å². The molecule has 31 heavy (non-hydrogen) atoms. The van der Waals surface area contributed by atoms with Crippen molar-refractivity contribution in [1.29, 1.82) is 0 Å². The molecule has 0 bridgehead atoms. The van der Waals surface area contributed by atoms with Gasteiger partial charge in [-0.15, -0.1) is 0 Å². The molecule has 7 heteroatoms. The Labute approximate surface area is 180 Å². The molecular weight excluding hydrogens is 394 g/mol. The maximum Gasteiger partial charge on any atom is 0.255 e. The Hall–Kier alpha value is -3.87. The molecule has 2 amide bonds. The molecule has 1 N–H and O–H groups in total. The molecule has 0 fully saturated rings. The molecule has 0 radical (unpaired) electrons. The molecule has 0 saturated carbocycles. The summed E-state index contributed by atoms with van der Waals surface area (Å²) in [6.45, 7) is 0.439. The zero-order valence-electron chi connectivity index (χ0n) is 17.4. The van der Waals surface area contributed by atoms with E-state index in [4.69, 9.17) is 9.47 Å². The van der Waals surface area contributed by atoms with Crippen LogP contribution in [0.2, 0.25) is 0 Å². The van der Waals surface area contributed by atoms with Crippen LogP contribution in [0.25, 0.3) is 0 Å². The van der Waals surface area contributed by atoms with Crippen LogP contribution in [0.3, 0.4) is 0 Å². The number of carbonyl (C=O) groups is 2. The van der Waals surface area contributed by atoms with Crippen LogP contribution >= 0.6 is 0 Å². The van der Waals surface area contributed by atoms with E-state index in [0.29, 0.717) is 29.3 Å². The van der Waals surface area contributed by atoms with Crippen LogP contribution in [-0.4, -0.2) is 35.9 Å². The van der Waals surface area contributed by atoms with Crippen molar-refractivity contribution in [2.75, 3.05) is 19.5 Å². The van der Waals surface area contributed by atoms with Gasteiger partial charge in [0.15, 0.2) is 11.5 Å².